The SMILES string of the molecule is CCCC=C(CCC)C(CCC)=C(CCC)/C(CCC)=C(/CCC)C(=CCCC)CCC. The van der Waals surface area contributed by atoms with Crippen LogP contribution < -0.4 is 0 Å². The lowest BCUT2D eigenvalue weighted by atomic mass is 9.80. The van der Waals surface area contributed by atoms with E-state index in [1.165, 1.54) is 103 Å². The topological polar surface area (TPSA) is 0 Å². The van der Waals surface area contributed by atoms with E-state index in [0.29, 0.717) is 0 Å². The Morgan fingerprint density at radius 3 is 0.875 bits per heavy atom. The van der Waals surface area contributed by atoms with Crippen molar-refractivity contribution in [3.63, 3.8) is 0 Å². The second-order valence-corrected chi connectivity index (χ2v) is 9.45. The molecule has 0 amide bonds. The van der Waals surface area contributed by atoms with Crippen LogP contribution in [0.2, 0.25) is 0 Å². The molecule has 0 saturated heterocycles. The standard InChI is InChI=1S/C32H58/c1-9-17-25-27(19-11-3)29(21-13-5)31(23-15-7)32(24-16-8)30(22-14-6)28(20-12-4)26-18-10-2/h25-26H,9-24H2,1-8H3/b27-25?,28-26?,31-29-,32-30?. The second kappa shape index (κ2) is 20.6. The Bertz CT molecular complexity index is 540. The van der Waals surface area contributed by atoms with Gasteiger partial charge >= 0.3 is 0 Å². The molecule has 0 bridgehead atoms. The van der Waals surface area contributed by atoms with Crippen LogP contribution in [0.25, 0.3) is 0 Å². The van der Waals surface area contributed by atoms with Gasteiger partial charge in [-0.15, -0.1) is 0 Å². The van der Waals surface area contributed by atoms with E-state index in [4.69, 9.17) is 0 Å². The zero-order valence-electron chi connectivity index (χ0n) is 23.5. The van der Waals surface area contributed by atoms with Crippen molar-refractivity contribution in [3.8, 4) is 0 Å². The van der Waals surface area contributed by atoms with Crippen LogP contribution in [0, 0.1) is 0 Å². The van der Waals surface area contributed by atoms with Crippen LogP contribution in [0.4, 0.5) is 0 Å². The fourth-order valence-corrected chi connectivity index (χ4v) is 4.91. The van der Waals surface area contributed by atoms with Gasteiger partial charge in [0.05, 0.1) is 0 Å². The third-order valence-corrected chi connectivity index (χ3v) is 6.27. The molecule has 0 N–H and O–H groups in total. The van der Waals surface area contributed by atoms with Crippen LogP contribution in [0.15, 0.2) is 45.6 Å². The number of hydrogen-bond acceptors (Lipinski definition) is 0. The zero-order chi connectivity index (χ0) is 24.2. The quantitative estimate of drug-likeness (QED) is 0.174. The van der Waals surface area contributed by atoms with Gasteiger partial charge in [0.15, 0.2) is 0 Å². The van der Waals surface area contributed by atoms with E-state index in [2.05, 4.69) is 67.5 Å². The van der Waals surface area contributed by atoms with Gasteiger partial charge in [0.1, 0.15) is 0 Å². The summed E-state index contributed by atoms with van der Waals surface area (Å²) in [6.45, 7) is 18.8. The van der Waals surface area contributed by atoms with E-state index in [0.717, 1.165) is 0 Å². The molecular weight excluding hydrogens is 384 g/mol. The van der Waals surface area contributed by atoms with Crippen molar-refractivity contribution in [2.24, 2.45) is 0 Å². The van der Waals surface area contributed by atoms with Crippen molar-refractivity contribution in [2.75, 3.05) is 0 Å². The summed E-state index contributed by atoms with van der Waals surface area (Å²) in [6, 6.07) is 0. The first-order valence-electron chi connectivity index (χ1n) is 14.4. The molecule has 0 heterocycles. The normalized spacial score (nSPS) is 14.5. The van der Waals surface area contributed by atoms with Crippen LogP contribution >= 0.6 is 0 Å². The lowest BCUT2D eigenvalue weighted by molar-refractivity contribution is 0.768. The molecule has 0 aliphatic heterocycles. The Morgan fingerprint density at radius 1 is 0.344 bits per heavy atom. The van der Waals surface area contributed by atoms with Crippen LogP contribution in [0.1, 0.15) is 158 Å². The van der Waals surface area contributed by atoms with Gasteiger partial charge in [0.2, 0.25) is 0 Å². The highest BCUT2D eigenvalue weighted by atomic mass is 14.2. The molecule has 0 nitrogen and oxygen atoms in total. The first-order chi connectivity index (χ1) is 15.6. The second-order valence-electron chi connectivity index (χ2n) is 9.45. The molecule has 0 aliphatic rings. The van der Waals surface area contributed by atoms with Gasteiger partial charge in [-0.3, -0.25) is 0 Å². The summed E-state index contributed by atoms with van der Waals surface area (Å²) in [6.07, 6.45) is 25.0. The minimum atomic E-state index is 1.22. The number of rotatable bonds is 19. The largest absolute Gasteiger partial charge is 0.0810 e. The Morgan fingerprint density at radius 2 is 0.625 bits per heavy atom. The molecule has 0 rings (SSSR count). The summed E-state index contributed by atoms with van der Waals surface area (Å²) in [4.78, 5) is 0. The van der Waals surface area contributed by atoms with E-state index < -0.39 is 0 Å². The van der Waals surface area contributed by atoms with Crippen LogP contribution in [-0.4, -0.2) is 0 Å². The van der Waals surface area contributed by atoms with Crippen molar-refractivity contribution in [1.82, 2.24) is 0 Å². The Hall–Kier alpha value is -1.04. The molecule has 0 atom stereocenters. The first-order valence-corrected chi connectivity index (χ1v) is 14.4. The van der Waals surface area contributed by atoms with Crippen molar-refractivity contribution in [1.29, 1.82) is 0 Å². The Labute approximate surface area is 203 Å². The molecule has 0 aromatic heterocycles. The number of allylic oxidation sites excluding steroid dienone is 8. The molecule has 0 unspecified atom stereocenters. The van der Waals surface area contributed by atoms with E-state index in [1.807, 2.05) is 0 Å². The Balaban J connectivity index is 7.16. The summed E-state index contributed by atoms with van der Waals surface area (Å²) >= 11 is 0. The maximum Gasteiger partial charge on any atom is -0.0276 e. The number of unbranched alkanes of at least 4 members (excludes halogenated alkanes) is 2. The zero-order valence-corrected chi connectivity index (χ0v) is 23.5. The summed E-state index contributed by atoms with van der Waals surface area (Å²) in [5.74, 6) is 0. The fourth-order valence-electron chi connectivity index (χ4n) is 4.91. The highest BCUT2D eigenvalue weighted by Crippen LogP contribution is 2.38. The monoisotopic (exact) mass is 442 g/mol. The summed E-state index contributed by atoms with van der Waals surface area (Å²) < 4.78 is 0. The molecule has 0 fully saturated rings. The lowest BCUT2D eigenvalue weighted by Crippen LogP contribution is -2.06. The van der Waals surface area contributed by atoms with E-state index in [1.54, 1.807) is 33.4 Å². The third kappa shape index (κ3) is 11.2. The van der Waals surface area contributed by atoms with E-state index >= 15 is 0 Å². The van der Waals surface area contributed by atoms with Gasteiger partial charge in [-0.1, -0.05) is 119 Å². The maximum atomic E-state index is 2.59. The molecule has 0 heteroatoms. The fraction of sp³-hybridized carbons (Fsp3) is 0.750. The molecule has 0 saturated carbocycles. The smallest absolute Gasteiger partial charge is 0.0276 e. The lowest BCUT2D eigenvalue weighted by Gasteiger charge is -2.25. The average Bonchev–Trinajstić information content (AvgIpc) is 2.79. The molecule has 0 spiro atoms. The van der Waals surface area contributed by atoms with Gasteiger partial charge in [0, 0.05) is 0 Å². The van der Waals surface area contributed by atoms with Gasteiger partial charge < -0.3 is 0 Å². The minimum absolute atomic E-state index is 1.22. The predicted molar refractivity (Wildman–Crippen MR) is 149 cm³/mol. The van der Waals surface area contributed by atoms with Gasteiger partial charge in [-0.2, -0.15) is 0 Å². The third-order valence-electron chi connectivity index (χ3n) is 6.27. The van der Waals surface area contributed by atoms with Gasteiger partial charge in [0.25, 0.3) is 0 Å². The first kappa shape index (κ1) is 31.0. The van der Waals surface area contributed by atoms with E-state index in [9.17, 15) is 0 Å². The molecule has 0 radical (unpaired) electrons. The van der Waals surface area contributed by atoms with Crippen LogP contribution in [-0.2, 0) is 0 Å². The number of hydrogen-bond donors (Lipinski definition) is 0. The average molecular weight is 443 g/mol. The van der Waals surface area contributed by atoms with E-state index in [-0.39, 0.29) is 0 Å². The molecule has 32 heavy (non-hydrogen) atoms. The molecule has 186 valence electrons. The van der Waals surface area contributed by atoms with Crippen LogP contribution in [0.5, 0.6) is 0 Å². The molecular formula is C32H58. The predicted octanol–water partition coefficient (Wildman–Crippen LogP) is 11.8. The summed E-state index contributed by atoms with van der Waals surface area (Å²) in [7, 11) is 0. The van der Waals surface area contributed by atoms with Crippen molar-refractivity contribution >= 4 is 0 Å². The molecule has 0 aromatic carbocycles. The van der Waals surface area contributed by atoms with Gasteiger partial charge in [-0.25, -0.2) is 0 Å². The van der Waals surface area contributed by atoms with Crippen molar-refractivity contribution in [2.45, 2.75) is 158 Å². The highest BCUT2D eigenvalue weighted by molar-refractivity contribution is 5.51. The Kier molecular flexibility index (Phi) is 19.9. The van der Waals surface area contributed by atoms with Crippen molar-refractivity contribution in [3.05, 3.63) is 45.6 Å². The minimum Gasteiger partial charge on any atom is -0.0810 e. The summed E-state index contributed by atoms with van der Waals surface area (Å²) in [5, 5.41) is 0. The summed E-state index contributed by atoms with van der Waals surface area (Å²) in [5.41, 5.74) is 10.2. The van der Waals surface area contributed by atoms with Gasteiger partial charge in [-0.05, 0) is 84.8 Å². The van der Waals surface area contributed by atoms with Crippen molar-refractivity contribution < 1.29 is 0 Å². The molecule has 0 aliphatic carbocycles. The van der Waals surface area contributed by atoms with Crippen LogP contribution in [0.3, 0.4) is 0 Å². The maximum absolute atomic E-state index is 2.59. The highest BCUT2D eigenvalue weighted by Gasteiger charge is 2.19. The molecule has 0 aromatic rings.